The molecule has 0 aliphatic rings. The summed E-state index contributed by atoms with van der Waals surface area (Å²) in [5.41, 5.74) is 1.25. The van der Waals surface area contributed by atoms with Crippen molar-refractivity contribution >= 4 is 15.9 Å². The molecule has 0 atom stereocenters. The van der Waals surface area contributed by atoms with Crippen LogP contribution in [0.5, 0.6) is 0 Å². The molecule has 0 heterocycles. The maximum absolute atomic E-state index is 9.79. The van der Waals surface area contributed by atoms with Crippen molar-refractivity contribution in [2.45, 2.75) is 5.41 Å². The van der Waals surface area contributed by atoms with Crippen molar-refractivity contribution in [2.75, 3.05) is 5.33 Å². The Bertz CT molecular complexity index is 542. The molecule has 94 valence electrons. The molecular formula is C17H14BrN. The fourth-order valence-electron chi connectivity index (χ4n) is 2.15. The third kappa shape index (κ3) is 2.77. The van der Waals surface area contributed by atoms with E-state index >= 15 is 0 Å². The smallest absolute Gasteiger partial charge is 0.125 e. The zero-order valence-electron chi connectivity index (χ0n) is 10.5. The van der Waals surface area contributed by atoms with Crippen LogP contribution in [-0.2, 0) is 5.41 Å². The number of allylic oxidation sites excluding steroid dienone is 2. The number of hydrogen-bond acceptors (Lipinski definition) is 1. The number of benzene rings is 2. The van der Waals surface area contributed by atoms with E-state index in [4.69, 9.17) is 0 Å². The molecule has 1 nitrogen and oxygen atoms in total. The molecule has 0 fully saturated rings. The number of nitriles is 1. The van der Waals surface area contributed by atoms with Crippen LogP contribution in [-0.4, -0.2) is 5.33 Å². The average molecular weight is 312 g/mol. The van der Waals surface area contributed by atoms with Crippen molar-refractivity contribution < 1.29 is 0 Å². The SMILES string of the molecule is N#CC(C=CCBr)(c1ccccc1)c1ccccc1. The highest BCUT2D eigenvalue weighted by molar-refractivity contribution is 9.09. The summed E-state index contributed by atoms with van der Waals surface area (Å²) in [6, 6.07) is 22.2. The highest BCUT2D eigenvalue weighted by Crippen LogP contribution is 2.33. The quantitative estimate of drug-likeness (QED) is 0.604. The van der Waals surface area contributed by atoms with Crippen molar-refractivity contribution in [3.63, 3.8) is 0 Å². The minimum absolute atomic E-state index is 0.726. The number of hydrogen-bond donors (Lipinski definition) is 0. The summed E-state index contributed by atoms with van der Waals surface area (Å²) in [6.07, 6.45) is 3.94. The molecule has 0 radical (unpaired) electrons. The van der Waals surface area contributed by atoms with Crippen molar-refractivity contribution in [3.05, 3.63) is 83.9 Å². The summed E-state index contributed by atoms with van der Waals surface area (Å²) in [5, 5.41) is 10.5. The van der Waals surface area contributed by atoms with E-state index in [2.05, 4.69) is 22.0 Å². The Morgan fingerprint density at radius 1 is 0.947 bits per heavy atom. The Morgan fingerprint density at radius 3 is 1.79 bits per heavy atom. The fraction of sp³-hybridized carbons (Fsp3) is 0.118. The van der Waals surface area contributed by atoms with Crippen LogP contribution in [0.25, 0.3) is 0 Å². The first-order valence-electron chi connectivity index (χ1n) is 6.09. The van der Waals surface area contributed by atoms with Crippen molar-refractivity contribution in [1.29, 1.82) is 5.26 Å². The molecular weight excluding hydrogens is 298 g/mol. The van der Waals surface area contributed by atoms with Crippen molar-refractivity contribution in [2.24, 2.45) is 0 Å². The summed E-state index contributed by atoms with van der Waals surface area (Å²) >= 11 is 3.38. The van der Waals surface area contributed by atoms with E-state index in [1.807, 2.05) is 72.8 Å². The van der Waals surface area contributed by atoms with Crippen LogP contribution < -0.4 is 0 Å². The summed E-state index contributed by atoms with van der Waals surface area (Å²) in [6.45, 7) is 0. The van der Waals surface area contributed by atoms with Gasteiger partial charge in [-0.2, -0.15) is 5.26 Å². The van der Waals surface area contributed by atoms with E-state index in [9.17, 15) is 5.26 Å². The molecule has 0 N–H and O–H groups in total. The second kappa shape index (κ2) is 6.36. The van der Waals surface area contributed by atoms with Gasteiger partial charge in [-0.25, -0.2) is 0 Å². The molecule has 0 bridgehead atoms. The minimum Gasteiger partial charge on any atom is -0.197 e. The number of nitrogens with zero attached hydrogens (tertiary/aromatic N) is 1. The van der Waals surface area contributed by atoms with Crippen LogP contribution in [0.2, 0.25) is 0 Å². The van der Waals surface area contributed by atoms with Crippen LogP contribution in [0.3, 0.4) is 0 Å². The van der Waals surface area contributed by atoms with Crippen LogP contribution >= 0.6 is 15.9 Å². The van der Waals surface area contributed by atoms with Crippen molar-refractivity contribution in [1.82, 2.24) is 0 Å². The average Bonchev–Trinajstić information content (AvgIpc) is 2.51. The van der Waals surface area contributed by atoms with Gasteiger partial charge in [-0.15, -0.1) is 0 Å². The third-order valence-electron chi connectivity index (χ3n) is 3.09. The molecule has 0 spiro atoms. The number of alkyl halides is 1. The van der Waals surface area contributed by atoms with E-state index in [0.717, 1.165) is 16.5 Å². The van der Waals surface area contributed by atoms with Crippen LogP contribution in [0.1, 0.15) is 11.1 Å². The first-order valence-corrected chi connectivity index (χ1v) is 7.21. The minimum atomic E-state index is -0.726. The Balaban J connectivity index is 2.63. The van der Waals surface area contributed by atoms with E-state index in [1.54, 1.807) is 0 Å². The van der Waals surface area contributed by atoms with Gasteiger partial charge in [0.25, 0.3) is 0 Å². The van der Waals surface area contributed by atoms with Gasteiger partial charge in [0.2, 0.25) is 0 Å². The van der Waals surface area contributed by atoms with Gasteiger partial charge in [0, 0.05) is 5.33 Å². The van der Waals surface area contributed by atoms with Gasteiger partial charge >= 0.3 is 0 Å². The maximum atomic E-state index is 9.79. The fourth-order valence-corrected chi connectivity index (χ4v) is 2.34. The lowest BCUT2D eigenvalue weighted by Gasteiger charge is -2.24. The highest BCUT2D eigenvalue weighted by Gasteiger charge is 2.31. The topological polar surface area (TPSA) is 23.8 Å². The summed E-state index contributed by atoms with van der Waals surface area (Å²) < 4.78 is 0. The van der Waals surface area contributed by atoms with E-state index < -0.39 is 5.41 Å². The Hall–Kier alpha value is -1.85. The van der Waals surface area contributed by atoms with Crippen LogP contribution in [0.4, 0.5) is 0 Å². The monoisotopic (exact) mass is 311 g/mol. The molecule has 0 saturated heterocycles. The van der Waals surface area contributed by atoms with Gasteiger partial charge in [-0.1, -0.05) is 88.7 Å². The molecule has 0 saturated carbocycles. The van der Waals surface area contributed by atoms with Gasteiger partial charge in [0.05, 0.1) is 6.07 Å². The zero-order valence-corrected chi connectivity index (χ0v) is 12.0. The lowest BCUT2D eigenvalue weighted by atomic mass is 9.75. The van der Waals surface area contributed by atoms with Crippen molar-refractivity contribution in [3.8, 4) is 6.07 Å². The third-order valence-corrected chi connectivity index (χ3v) is 3.47. The van der Waals surface area contributed by atoms with Gasteiger partial charge < -0.3 is 0 Å². The zero-order chi connectivity index (χ0) is 13.6. The summed E-state index contributed by atoms with van der Waals surface area (Å²) in [5.74, 6) is 0. The lowest BCUT2D eigenvalue weighted by molar-refractivity contribution is 0.831. The standard InChI is InChI=1S/C17H14BrN/c18-13-7-12-17(14-19,15-8-3-1-4-9-15)16-10-5-2-6-11-16/h1-12H,13H2. The first kappa shape index (κ1) is 13.6. The van der Waals surface area contributed by atoms with Crippen LogP contribution in [0.15, 0.2) is 72.8 Å². The number of rotatable bonds is 4. The predicted octanol–water partition coefficient (Wildman–Crippen LogP) is 4.45. The summed E-state index contributed by atoms with van der Waals surface area (Å²) in [7, 11) is 0. The number of halogens is 1. The molecule has 0 aromatic heterocycles. The van der Waals surface area contributed by atoms with Gasteiger partial charge in [-0.05, 0) is 11.1 Å². The lowest BCUT2D eigenvalue weighted by Crippen LogP contribution is -2.23. The Morgan fingerprint density at radius 2 is 1.42 bits per heavy atom. The first-order chi connectivity index (χ1) is 9.33. The summed E-state index contributed by atoms with van der Waals surface area (Å²) in [4.78, 5) is 0. The molecule has 2 heteroatoms. The molecule has 2 rings (SSSR count). The Labute approximate surface area is 122 Å². The Kier molecular flexibility index (Phi) is 4.54. The molecule has 2 aromatic carbocycles. The molecule has 2 aromatic rings. The maximum Gasteiger partial charge on any atom is 0.125 e. The molecule has 0 aliphatic carbocycles. The second-order valence-corrected chi connectivity index (χ2v) is 4.86. The molecule has 0 aliphatic heterocycles. The van der Waals surface area contributed by atoms with Gasteiger partial charge in [0.15, 0.2) is 0 Å². The van der Waals surface area contributed by atoms with Gasteiger partial charge in [0.1, 0.15) is 5.41 Å². The van der Waals surface area contributed by atoms with E-state index in [-0.39, 0.29) is 0 Å². The van der Waals surface area contributed by atoms with E-state index in [1.165, 1.54) is 0 Å². The normalized spacial score (nSPS) is 11.4. The van der Waals surface area contributed by atoms with Crippen LogP contribution in [0, 0.1) is 11.3 Å². The highest BCUT2D eigenvalue weighted by atomic mass is 79.9. The molecule has 19 heavy (non-hydrogen) atoms. The molecule has 0 amide bonds. The largest absolute Gasteiger partial charge is 0.197 e. The van der Waals surface area contributed by atoms with Gasteiger partial charge in [-0.3, -0.25) is 0 Å². The second-order valence-electron chi connectivity index (χ2n) is 4.21. The predicted molar refractivity (Wildman–Crippen MR) is 82.2 cm³/mol. The van der Waals surface area contributed by atoms with E-state index in [0.29, 0.717) is 0 Å². The molecule has 0 unspecified atom stereocenters.